The molecule has 0 unspecified atom stereocenters. The molecule has 0 bridgehead atoms. The third kappa shape index (κ3) is 3.42. The van der Waals surface area contributed by atoms with Crippen LogP contribution in [0.25, 0.3) is 10.9 Å². The number of nitrogens with one attached hydrogen (secondary N) is 1. The van der Waals surface area contributed by atoms with Gasteiger partial charge in [-0.3, -0.25) is 4.79 Å². The highest BCUT2D eigenvalue weighted by atomic mass is 32.2. The van der Waals surface area contributed by atoms with Crippen molar-refractivity contribution in [3.8, 4) is 0 Å². The minimum absolute atomic E-state index is 0.127. The van der Waals surface area contributed by atoms with E-state index in [1.54, 1.807) is 6.92 Å². The largest absolute Gasteiger partial charge is 0.415 e. The van der Waals surface area contributed by atoms with Gasteiger partial charge in [-0.2, -0.15) is 17.5 Å². The maximum atomic E-state index is 12.8. The van der Waals surface area contributed by atoms with Crippen molar-refractivity contribution in [2.45, 2.75) is 24.1 Å². The molecule has 1 aliphatic rings. The van der Waals surface area contributed by atoms with Crippen molar-refractivity contribution in [3.63, 3.8) is 0 Å². The van der Waals surface area contributed by atoms with Crippen molar-refractivity contribution in [2.75, 3.05) is 19.7 Å². The van der Waals surface area contributed by atoms with E-state index in [-0.39, 0.29) is 23.6 Å². The number of hydrogen-bond acceptors (Lipinski definition) is 4. The standard InChI is InChI=1S/C15H15F3N2O4S/c1-9-6-14(21)19-12-3-2-10(7-11(9)12)25(22,23)20-4-5-24-13(8-20)15(16,17)18/h2-3,6-7,13H,4-5,8H2,1H3,(H,19,21)/t13-/m0/s1. The smallest absolute Gasteiger partial charge is 0.366 e. The van der Waals surface area contributed by atoms with Gasteiger partial charge in [-0.1, -0.05) is 0 Å². The van der Waals surface area contributed by atoms with Gasteiger partial charge in [0, 0.05) is 30.1 Å². The van der Waals surface area contributed by atoms with Gasteiger partial charge in [0.05, 0.1) is 11.5 Å². The van der Waals surface area contributed by atoms with Gasteiger partial charge in [-0.05, 0) is 30.7 Å². The topological polar surface area (TPSA) is 79.5 Å². The Labute approximate surface area is 141 Å². The van der Waals surface area contributed by atoms with Gasteiger partial charge in [-0.25, -0.2) is 8.42 Å². The summed E-state index contributed by atoms with van der Waals surface area (Å²) in [5.41, 5.74) is 0.715. The molecule has 10 heteroatoms. The molecule has 6 nitrogen and oxygen atoms in total. The molecule has 1 aromatic carbocycles. The molecule has 1 saturated heterocycles. The van der Waals surface area contributed by atoms with Crippen LogP contribution in [0.3, 0.4) is 0 Å². The lowest BCUT2D eigenvalue weighted by Gasteiger charge is -2.33. The molecule has 1 aromatic heterocycles. The Morgan fingerprint density at radius 2 is 2.00 bits per heavy atom. The highest BCUT2D eigenvalue weighted by Crippen LogP contribution is 2.29. The summed E-state index contributed by atoms with van der Waals surface area (Å²) >= 11 is 0. The Morgan fingerprint density at radius 3 is 2.68 bits per heavy atom. The maximum Gasteiger partial charge on any atom is 0.415 e. The molecule has 0 saturated carbocycles. The number of aryl methyl sites for hydroxylation is 1. The van der Waals surface area contributed by atoms with Crippen LogP contribution in [0.1, 0.15) is 5.56 Å². The Morgan fingerprint density at radius 1 is 1.28 bits per heavy atom. The maximum absolute atomic E-state index is 12.8. The van der Waals surface area contributed by atoms with E-state index in [9.17, 15) is 26.4 Å². The fourth-order valence-corrected chi connectivity index (χ4v) is 4.20. The summed E-state index contributed by atoms with van der Waals surface area (Å²) in [7, 11) is -4.11. The molecule has 0 spiro atoms. The predicted octanol–water partition coefficient (Wildman–Crippen LogP) is 1.79. The first-order valence-corrected chi connectivity index (χ1v) is 8.85. The van der Waals surface area contributed by atoms with Crippen LogP contribution in [0, 0.1) is 6.92 Å². The van der Waals surface area contributed by atoms with Crippen LogP contribution < -0.4 is 5.56 Å². The zero-order chi connectivity index (χ0) is 18.4. The molecule has 1 atom stereocenters. The van der Waals surface area contributed by atoms with E-state index in [2.05, 4.69) is 9.72 Å². The van der Waals surface area contributed by atoms with Gasteiger partial charge in [0.2, 0.25) is 15.6 Å². The summed E-state index contributed by atoms with van der Waals surface area (Å²) in [5, 5.41) is 0.515. The second kappa shape index (κ2) is 6.11. The lowest BCUT2D eigenvalue weighted by Crippen LogP contribution is -2.51. The molecule has 2 aromatic rings. The number of aromatic amines is 1. The van der Waals surface area contributed by atoms with Gasteiger partial charge in [0.25, 0.3) is 0 Å². The highest BCUT2D eigenvalue weighted by Gasteiger charge is 2.45. The number of aromatic nitrogens is 1. The van der Waals surface area contributed by atoms with Crippen molar-refractivity contribution in [3.05, 3.63) is 40.2 Å². The molecule has 1 aliphatic heterocycles. The van der Waals surface area contributed by atoms with Crippen molar-refractivity contribution in [1.29, 1.82) is 0 Å². The van der Waals surface area contributed by atoms with E-state index in [0.717, 1.165) is 4.31 Å². The van der Waals surface area contributed by atoms with E-state index < -0.39 is 28.8 Å². The number of H-pyrrole nitrogens is 1. The van der Waals surface area contributed by atoms with Crippen LogP contribution in [-0.4, -0.2) is 49.7 Å². The van der Waals surface area contributed by atoms with Gasteiger partial charge in [0.1, 0.15) is 0 Å². The van der Waals surface area contributed by atoms with Crippen LogP contribution in [0.5, 0.6) is 0 Å². The van der Waals surface area contributed by atoms with Crippen LogP contribution in [-0.2, 0) is 14.8 Å². The second-order valence-electron chi connectivity index (χ2n) is 5.79. The van der Waals surface area contributed by atoms with Gasteiger partial charge in [0.15, 0.2) is 6.10 Å². The first kappa shape index (κ1) is 17.9. The minimum Gasteiger partial charge on any atom is -0.366 e. The highest BCUT2D eigenvalue weighted by molar-refractivity contribution is 7.89. The quantitative estimate of drug-likeness (QED) is 0.867. The van der Waals surface area contributed by atoms with E-state index in [1.807, 2.05) is 0 Å². The molecule has 0 radical (unpaired) electrons. The zero-order valence-corrected chi connectivity index (χ0v) is 13.9. The molecule has 1 N–H and O–H groups in total. The number of pyridine rings is 1. The first-order valence-electron chi connectivity index (χ1n) is 7.41. The van der Waals surface area contributed by atoms with E-state index >= 15 is 0 Å². The summed E-state index contributed by atoms with van der Waals surface area (Å²) in [6, 6.07) is 5.38. The molecule has 1 fully saturated rings. The first-order chi connectivity index (χ1) is 11.6. The number of alkyl halides is 3. The third-order valence-electron chi connectivity index (χ3n) is 4.05. The molecule has 136 valence electrons. The number of fused-ring (bicyclic) bond motifs is 1. The van der Waals surface area contributed by atoms with E-state index in [1.165, 1.54) is 24.3 Å². The molecule has 0 aliphatic carbocycles. The molecular weight excluding hydrogens is 361 g/mol. The predicted molar refractivity (Wildman–Crippen MR) is 83.9 cm³/mol. The number of ether oxygens (including phenoxy) is 1. The van der Waals surface area contributed by atoms with Crippen LogP contribution in [0.4, 0.5) is 13.2 Å². The van der Waals surface area contributed by atoms with Gasteiger partial charge in [-0.15, -0.1) is 0 Å². The summed E-state index contributed by atoms with van der Waals surface area (Å²) < 4.78 is 69.3. The second-order valence-corrected chi connectivity index (χ2v) is 7.73. The number of nitrogens with zero attached hydrogens (tertiary/aromatic N) is 1. The minimum atomic E-state index is -4.63. The Hall–Kier alpha value is -1.91. The van der Waals surface area contributed by atoms with Crippen molar-refractivity contribution >= 4 is 20.9 Å². The van der Waals surface area contributed by atoms with Crippen LogP contribution in [0.15, 0.2) is 34.0 Å². The fraction of sp³-hybridized carbons (Fsp3) is 0.400. The molecule has 2 heterocycles. The molecule has 3 rings (SSSR count). The number of hydrogen-bond donors (Lipinski definition) is 1. The number of benzene rings is 1. The fourth-order valence-electron chi connectivity index (χ4n) is 2.75. The van der Waals surface area contributed by atoms with Crippen molar-refractivity contribution in [1.82, 2.24) is 9.29 Å². The lowest BCUT2D eigenvalue weighted by atomic mass is 10.1. The van der Waals surface area contributed by atoms with Gasteiger partial charge >= 0.3 is 6.18 Å². The van der Waals surface area contributed by atoms with Gasteiger partial charge < -0.3 is 9.72 Å². The zero-order valence-electron chi connectivity index (χ0n) is 13.1. The lowest BCUT2D eigenvalue weighted by molar-refractivity contribution is -0.231. The summed E-state index contributed by atoms with van der Waals surface area (Å²) in [6.07, 6.45) is -6.78. The number of sulfonamides is 1. The molecule has 0 amide bonds. The normalized spacial score (nSPS) is 20.1. The van der Waals surface area contributed by atoms with Crippen LogP contribution >= 0.6 is 0 Å². The molecule has 25 heavy (non-hydrogen) atoms. The summed E-state index contributed by atoms with van der Waals surface area (Å²) in [6.45, 7) is 0.387. The number of morpholine rings is 1. The summed E-state index contributed by atoms with van der Waals surface area (Å²) in [4.78, 5) is 13.9. The average Bonchev–Trinajstić information content (AvgIpc) is 2.53. The average molecular weight is 376 g/mol. The van der Waals surface area contributed by atoms with E-state index in [0.29, 0.717) is 16.5 Å². The van der Waals surface area contributed by atoms with Crippen molar-refractivity contribution < 1.29 is 26.3 Å². The Balaban J connectivity index is 2.00. The summed E-state index contributed by atoms with van der Waals surface area (Å²) in [5.74, 6) is 0. The molecular formula is C15H15F3N2O4S. The van der Waals surface area contributed by atoms with E-state index in [4.69, 9.17) is 0 Å². The van der Waals surface area contributed by atoms with Crippen LogP contribution in [0.2, 0.25) is 0 Å². The van der Waals surface area contributed by atoms with Crippen molar-refractivity contribution in [2.24, 2.45) is 0 Å². The SMILES string of the molecule is Cc1cc(=O)[nH]c2ccc(S(=O)(=O)N3CCO[C@H](C(F)(F)F)C3)cc12. The Bertz CT molecular complexity index is 969. The third-order valence-corrected chi connectivity index (χ3v) is 5.91. The Kier molecular flexibility index (Phi) is 4.38. The number of halogens is 3. The monoisotopic (exact) mass is 376 g/mol. The number of rotatable bonds is 2.